The lowest BCUT2D eigenvalue weighted by molar-refractivity contribution is 0.0423. The molecule has 8 heteroatoms. The van der Waals surface area contributed by atoms with Crippen molar-refractivity contribution in [3.8, 4) is 0 Å². The minimum absolute atomic E-state index is 0.0650. The molecule has 0 atom stereocenters. The molecule has 0 unspecified atom stereocenters. The van der Waals surface area contributed by atoms with E-state index in [1.54, 1.807) is 48.5 Å². The monoisotopic (exact) mass is 462 g/mol. The number of hydrogen-bond donors (Lipinski definition) is 0. The molecule has 3 aromatic carbocycles. The van der Waals surface area contributed by atoms with Gasteiger partial charge in [-0.15, -0.1) is 0 Å². The second-order valence-corrected chi connectivity index (χ2v) is 7.05. The molecule has 0 aromatic heterocycles. The fourth-order valence-electron chi connectivity index (χ4n) is 3.10. The van der Waals surface area contributed by atoms with Crippen LogP contribution in [0.5, 0.6) is 0 Å². The standard InChI is InChI=1S/C26H22O8/c1-31-23(27)19-13-21(25(29)33-15-17-9-5-3-6-10-17)22(14-20(19)24(28)32-2)26(30)34-16-18-11-7-4-8-12-18/h3-14H,15-16H2,1-2H3. The molecule has 0 fully saturated rings. The van der Waals surface area contributed by atoms with Crippen LogP contribution in [0.3, 0.4) is 0 Å². The molecule has 34 heavy (non-hydrogen) atoms. The summed E-state index contributed by atoms with van der Waals surface area (Å²) in [6.45, 7) is -0.130. The molecular weight excluding hydrogens is 440 g/mol. The van der Waals surface area contributed by atoms with E-state index in [1.807, 2.05) is 12.1 Å². The second kappa shape index (κ2) is 11.4. The van der Waals surface area contributed by atoms with Crippen LogP contribution in [0.2, 0.25) is 0 Å². The van der Waals surface area contributed by atoms with E-state index in [2.05, 4.69) is 0 Å². The SMILES string of the molecule is COC(=O)c1cc(C(=O)OCc2ccccc2)c(C(=O)OCc2ccccc2)cc1C(=O)OC. The number of carbonyl (C=O) groups excluding carboxylic acids is 4. The third-order valence-corrected chi connectivity index (χ3v) is 4.83. The highest BCUT2D eigenvalue weighted by Gasteiger charge is 2.28. The molecule has 0 spiro atoms. The first kappa shape index (κ1) is 24.2. The zero-order chi connectivity index (χ0) is 24.5. The van der Waals surface area contributed by atoms with Crippen LogP contribution in [0, 0.1) is 0 Å². The van der Waals surface area contributed by atoms with E-state index in [-0.39, 0.29) is 35.5 Å². The molecule has 0 saturated carbocycles. The van der Waals surface area contributed by atoms with Crippen molar-refractivity contribution in [1.82, 2.24) is 0 Å². The molecule has 0 saturated heterocycles. The van der Waals surface area contributed by atoms with Crippen LogP contribution >= 0.6 is 0 Å². The van der Waals surface area contributed by atoms with E-state index in [1.165, 1.54) is 0 Å². The van der Waals surface area contributed by atoms with Gasteiger partial charge in [0.15, 0.2) is 0 Å². The van der Waals surface area contributed by atoms with Gasteiger partial charge < -0.3 is 18.9 Å². The summed E-state index contributed by atoms with van der Waals surface area (Å²) >= 11 is 0. The normalized spacial score (nSPS) is 10.2. The van der Waals surface area contributed by atoms with E-state index in [0.717, 1.165) is 37.5 Å². The first-order valence-corrected chi connectivity index (χ1v) is 10.2. The molecule has 0 N–H and O–H groups in total. The Kier molecular flexibility index (Phi) is 8.12. The Bertz CT molecular complexity index is 1090. The number of carbonyl (C=O) groups is 4. The van der Waals surface area contributed by atoms with Crippen molar-refractivity contribution < 1.29 is 38.1 Å². The van der Waals surface area contributed by atoms with Gasteiger partial charge in [0.05, 0.1) is 36.5 Å². The van der Waals surface area contributed by atoms with Crippen molar-refractivity contribution >= 4 is 23.9 Å². The molecular formula is C26H22O8. The van der Waals surface area contributed by atoms with Gasteiger partial charge in [-0.25, -0.2) is 19.2 Å². The molecule has 174 valence electrons. The van der Waals surface area contributed by atoms with E-state index < -0.39 is 23.9 Å². The Morgan fingerprint density at radius 1 is 0.529 bits per heavy atom. The summed E-state index contributed by atoms with van der Waals surface area (Å²) in [6.07, 6.45) is 0. The summed E-state index contributed by atoms with van der Waals surface area (Å²) in [7, 11) is 2.25. The molecule has 0 aliphatic heterocycles. The molecule has 0 heterocycles. The van der Waals surface area contributed by atoms with Gasteiger partial charge in [0.25, 0.3) is 0 Å². The van der Waals surface area contributed by atoms with Crippen LogP contribution in [0.15, 0.2) is 72.8 Å². The highest BCUT2D eigenvalue weighted by Crippen LogP contribution is 2.22. The van der Waals surface area contributed by atoms with Crippen molar-refractivity contribution in [3.63, 3.8) is 0 Å². The van der Waals surface area contributed by atoms with Crippen molar-refractivity contribution in [1.29, 1.82) is 0 Å². The Balaban J connectivity index is 1.98. The van der Waals surface area contributed by atoms with Crippen molar-refractivity contribution in [2.45, 2.75) is 13.2 Å². The highest BCUT2D eigenvalue weighted by atomic mass is 16.5. The van der Waals surface area contributed by atoms with Crippen molar-refractivity contribution in [2.75, 3.05) is 14.2 Å². The zero-order valence-corrected chi connectivity index (χ0v) is 18.6. The van der Waals surface area contributed by atoms with Gasteiger partial charge in [-0.1, -0.05) is 60.7 Å². The Hall–Kier alpha value is -4.46. The van der Waals surface area contributed by atoms with Crippen LogP contribution in [0.4, 0.5) is 0 Å². The molecule has 0 aliphatic rings. The number of benzene rings is 3. The van der Waals surface area contributed by atoms with Crippen LogP contribution in [-0.2, 0) is 32.2 Å². The Morgan fingerprint density at radius 2 is 0.853 bits per heavy atom. The third-order valence-electron chi connectivity index (χ3n) is 4.83. The van der Waals surface area contributed by atoms with Gasteiger partial charge in [-0.05, 0) is 23.3 Å². The van der Waals surface area contributed by atoms with E-state index in [9.17, 15) is 19.2 Å². The summed E-state index contributed by atoms with van der Waals surface area (Å²) in [6, 6.07) is 20.0. The maximum absolute atomic E-state index is 12.9. The summed E-state index contributed by atoms with van der Waals surface area (Å²) in [5.74, 6) is -3.53. The quantitative estimate of drug-likeness (QED) is 0.366. The number of esters is 4. The van der Waals surface area contributed by atoms with Gasteiger partial charge in [0.1, 0.15) is 13.2 Å². The van der Waals surface area contributed by atoms with Crippen LogP contribution in [0.25, 0.3) is 0 Å². The molecule has 3 aromatic rings. The van der Waals surface area contributed by atoms with Gasteiger partial charge in [-0.3, -0.25) is 0 Å². The number of methoxy groups -OCH3 is 2. The van der Waals surface area contributed by atoms with E-state index in [0.29, 0.717) is 0 Å². The van der Waals surface area contributed by atoms with E-state index >= 15 is 0 Å². The molecule has 8 nitrogen and oxygen atoms in total. The van der Waals surface area contributed by atoms with Crippen LogP contribution in [0.1, 0.15) is 52.6 Å². The van der Waals surface area contributed by atoms with Gasteiger partial charge in [-0.2, -0.15) is 0 Å². The third kappa shape index (κ3) is 5.86. The summed E-state index contributed by atoms with van der Waals surface area (Å²) in [4.78, 5) is 50.5. The Morgan fingerprint density at radius 3 is 1.18 bits per heavy atom. The molecule has 0 amide bonds. The largest absolute Gasteiger partial charge is 0.465 e. The van der Waals surface area contributed by atoms with Crippen LogP contribution < -0.4 is 0 Å². The average Bonchev–Trinajstić information content (AvgIpc) is 2.89. The van der Waals surface area contributed by atoms with Gasteiger partial charge in [0, 0.05) is 0 Å². The minimum atomic E-state index is -0.887. The minimum Gasteiger partial charge on any atom is -0.465 e. The number of rotatable bonds is 8. The molecule has 0 bridgehead atoms. The predicted molar refractivity (Wildman–Crippen MR) is 120 cm³/mol. The molecule has 3 rings (SSSR count). The fourth-order valence-corrected chi connectivity index (χ4v) is 3.10. The topological polar surface area (TPSA) is 105 Å². The molecule has 0 radical (unpaired) electrons. The number of hydrogen-bond acceptors (Lipinski definition) is 8. The zero-order valence-electron chi connectivity index (χ0n) is 18.6. The van der Waals surface area contributed by atoms with Crippen molar-refractivity contribution in [2.24, 2.45) is 0 Å². The fraction of sp³-hybridized carbons (Fsp3) is 0.154. The Labute approximate surface area is 196 Å². The first-order valence-electron chi connectivity index (χ1n) is 10.2. The highest BCUT2D eigenvalue weighted by molar-refractivity contribution is 6.10. The number of ether oxygens (including phenoxy) is 4. The lowest BCUT2D eigenvalue weighted by atomic mass is 9.98. The van der Waals surface area contributed by atoms with E-state index in [4.69, 9.17) is 18.9 Å². The maximum Gasteiger partial charge on any atom is 0.339 e. The van der Waals surface area contributed by atoms with Gasteiger partial charge >= 0.3 is 23.9 Å². The first-order chi connectivity index (χ1) is 16.4. The lowest BCUT2D eigenvalue weighted by Gasteiger charge is -2.14. The molecule has 0 aliphatic carbocycles. The summed E-state index contributed by atoms with van der Waals surface area (Å²) < 4.78 is 20.1. The van der Waals surface area contributed by atoms with Gasteiger partial charge in [0.2, 0.25) is 0 Å². The van der Waals surface area contributed by atoms with Crippen LogP contribution in [-0.4, -0.2) is 38.1 Å². The summed E-state index contributed by atoms with van der Waals surface area (Å²) in [5.41, 5.74) is 0.456. The summed E-state index contributed by atoms with van der Waals surface area (Å²) in [5, 5.41) is 0. The second-order valence-electron chi connectivity index (χ2n) is 7.05. The van der Waals surface area contributed by atoms with Crippen molar-refractivity contribution in [3.05, 3.63) is 106 Å². The lowest BCUT2D eigenvalue weighted by Crippen LogP contribution is -2.19. The predicted octanol–water partition coefficient (Wildman–Crippen LogP) is 3.97. The maximum atomic E-state index is 12.9. The average molecular weight is 462 g/mol. The smallest absolute Gasteiger partial charge is 0.339 e.